The molecule has 2 aliphatic rings. The molecule has 8 nitrogen and oxygen atoms in total. The molecule has 0 saturated carbocycles. The summed E-state index contributed by atoms with van der Waals surface area (Å²) < 4.78 is 45.6. The van der Waals surface area contributed by atoms with E-state index in [0.29, 0.717) is 41.9 Å². The molecule has 33 heavy (non-hydrogen) atoms. The van der Waals surface area contributed by atoms with E-state index in [0.717, 1.165) is 5.56 Å². The summed E-state index contributed by atoms with van der Waals surface area (Å²) in [5.41, 5.74) is 7.73. The Labute approximate surface area is 191 Å². The summed E-state index contributed by atoms with van der Waals surface area (Å²) in [6, 6.07) is 6.41. The van der Waals surface area contributed by atoms with Crippen LogP contribution in [0.15, 0.2) is 41.7 Å². The van der Waals surface area contributed by atoms with Gasteiger partial charge < -0.3 is 10.5 Å². The van der Waals surface area contributed by atoms with Gasteiger partial charge in [-0.3, -0.25) is 9.98 Å². The number of sulfone groups is 1. The molecule has 0 radical (unpaired) electrons. The quantitative estimate of drug-likeness (QED) is 0.624. The molecule has 10 heteroatoms. The lowest BCUT2D eigenvalue weighted by Crippen LogP contribution is -2.55. The molecule has 4 heterocycles. The molecule has 2 bridgehead atoms. The predicted molar refractivity (Wildman–Crippen MR) is 122 cm³/mol. The number of aromatic nitrogens is 3. The van der Waals surface area contributed by atoms with Crippen LogP contribution >= 0.6 is 0 Å². The van der Waals surface area contributed by atoms with E-state index in [1.165, 1.54) is 19.4 Å². The molecule has 1 saturated heterocycles. The Morgan fingerprint density at radius 2 is 2.03 bits per heavy atom. The van der Waals surface area contributed by atoms with Crippen molar-refractivity contribution >= 4 is 26.7 Å². The van der Waals surface area contributed by atoms with Crippen LogP contribution in [0.5, 0.6) is 5.88 Å². The van der Waals surface area contributed by atoms with Crippen LogP contribution in [-0.4, -0.2) is 46.3 Å². The highest BCUT2D eigenvalue weighted by Gasteiger charge is 2.63. The van der Waals surface area contributed by atoms with Crippen molar-refractivity contribution in [2.24, 2.45) is 10.7 Å². The van der Waals surface area contributed by atoms with E-state index >= 15 is 4.39 Å². The van der Waals surface area contributed by atoms with Gasteiger partial charge >= 0.3 is 0 Å². The lowest BCUT2D eigenvalue weighted by molar-refractivity contribution is 0.397. The molecular weight excluding hydrogens is 445 g/mol. The lowest BCUT2D eigenvalue weighted by atomic mass is 9.85. The average Bonchev–Trinajstić information content (AvgIpc) is 2.97. The van der Waals surface area contributed by atoms with Gasteiger partial charge in [0.1, 0.15) is 27.5 Å². The standard InChI is InChI=1S/C23H24FN5O3S/c1-22-8-6-18(33(22,30)31)23(2,29-21(22)25)14-10-13(4-5-15(14)24)11-17-20-16(7-9-26-17)28-19(32-3)12-27-20/h4-5,7,9-10,12,18H,6,8,11H2,1-3H3,(H2,25,29)/t18-,22+,23+/m0/s1. The Balaban J connectivity index is 1.59. The lowest BCUT2D eigenvalue weighted by Gasteiger charge is -2.39. The van der Waals surface area contributed by atoms with Crippen molar-refractivity contribution in [2.75, 3.05) is 7.11 Å². The van der Waals surface area contributed by atoms with Crippen LogP contribution in [-0.2, 0) is 21.8 Å². The first kappa shape index (κ1) is 21.7. The third-order valence-electron chi connectivity index (χ3n) is 7.08. The Morgan fingerprint density at radius 3 is 2.79 bits per heavy atom. The van der Waals surface area contributed by atoms with Crippen LogP contribution in [0.4, 0.5) is 4.39 Å². The highest BCUT2D eigenvalue weighted by atomic mass is 32.2. The number of fused-ring (bicyclic) bond motifs is 3. The number of ether oxygens (including phenoxy) is 1. The SMILES string of the molecule is COc1cnc2c(Cc3ccc(F)c([C@@]4(C)N=C(N)[C@@]5(C)CC[C@@H]4S5(=O)=O)c3)nccc2n1. The first-order chi connectivity index (χ1) is 15.6. The molecule has 0 amide bonds. The van der Waals surface area contributed by atoms with Gasteiger partial charge in [-0.25, -0.2) is 22.8 Å². The van der Waals surface area contributed by atoms with E-state index in [1.807, 2.05) is 0 Å². The minimum atomic E-state index is -3.62. The highest BCUT2D eigenvalue weighted by Crippen LogP contribution is 2.51. The molecule has 5 rings (SSSR count). The molecule has 0 unspecified atom stereocenters. The first-order valence-corrected chi connectivity index (χ1v) is 12.2. The molecule has 0 aliphatic carbocycles. The van der Waals surface area contributed by atoms with E-state index < -0.39 is 31.2 Å². The van der Waals surface area contributed by atoms with Crippen molar-refractivity contribution in [2.45, 2.75) is 48.6 Å². The monoisotopic (exact) mass is 469 g/mol. The second-order valence-electron chi connectivity index (χ2n) is 8.98. The maximum atomic E-state index is 15.1. The van der Waals surface area contributed by atoms with Crippen LogP contribution in [0.3, 0.4) is 0 Å². The third-order valence-corrected chi connectivity index (χ3v) is 10.2. The molecule has 2 aromatic heterocycles. The number of nitrogens with two attached hydrogens (primary N) is 1. The fourth-order valence-corrected chi connectivity index (χ4v) is 7.60. The van der Waals surface area contributed by atoms with Crippen molar-refractivity contribution in [3.63, 3.8) is 0 Å². The van der Waals surface area contributed by atoms with Gasteiger partial charge in [0, 0.05) is 18.2 Å². The average molecular weight is 470 g/mol. The van der Waals surface area contributed by atoms with Crippen molar-refractivity contribution in [1.29, 1.82) is 0 Å². The fraction of sp³-hybridized carbons (Fsp3) is 0.391. The van der Waals surface area contributed by atoms with Crippen LogP contribution < -0.4 is 10.5 Å². The number of hydrogen-bond acceptors (Lipinski definition) is 8. The molecule has 3 aromatic rings. The van der Waals surface area contributed by atoms with Crippen molar-refractivity contribution in [3.05, 3.63) is 59.3 Å². The number of amidine groups is 1. The van der Waals surface area contributed by atoms with Crippen molar-refractivity contribution in [1.82, 2.24) is 15.0 Å². The summed E-state index contributed by atoms with van der Waals surface area (Å²) in [7, 11) is -2.10. The van der Waals surface area contributed by atoms with Gasteiger partial charge in [-0.05, 0) is 44.4 Å². The molecule has 1 fully saturated rings. The van der Waals surface area contributed by atoms with Crippen LogP contribution in [0.1, 0.15) is 43.5 Å². The van der Waals surface area contributed by atoms with Gasteiger partial charge in [0.05, 0.1) is 29.8 Å². The molecule has 172 valence electrons. The minimum absolute atomic E-state index is 0.0449. The zero-order chi connectivity index (χ0) is 23.6. The van der Waals surface area contributed by atoms with Gasteiger partial charge in [0.25, 0.3) is 0 Å². The van der Waals surface area contributed by atoms with Gasteiger partial charge in [0.15, 0.2) is 9.84 Å². The highest BCUT2D eigenvalue weighted by molar-refractivity contribution is 7.94. The second kappa shape index (κ2) is 7.18. The number of hydrogen-bond donors (Lipinski definition) is 1. The number of methoxy groups -OCH3 is 1. The summed E-state index contributed by atoms with van der Waals surface area (Å²) in [5, 5.41) is -0.832. The van der Waals surface area contributed by atoms with Gasteiger partial charge in [-0.15, -0.1) is 0 Å². The van der Waals surface area contributed by atoms with Crippen LogP contribution in [0.2, 0.25) is 0 Å². The van der Waals surface area contributed by atoms with Crippen molar-refractivity contribution in [3.8, 4) is 5.88 Å². The van der Waals surface area contributed by atoms with Crippen LogP contribution in [0.25, 0.3) is 11.0 Å². The van der Waals surface area contributed by atoms with E-state index in [1.54, 1.807) is 38.2 Å². The first-order valence-electron chi connectivity index (χ1n) is 10.6. The third kappa shape index (κ3) is 3.03. The maximum Gasteiger partial charge on any atom is 0.232 e. The van der Waals surface area contributed by atoms with E-state index in [-0.39, 0.29) is 11.4 Å². The number of nitrogens with zero attached hydrogens (tertiary/aromatic N) is 4. The minimum Gasteiger partial charge on any atom is -0.480 e. The topological polar surface area (TPSA) is 120 Å². The number of rotatable bonds is 4. The second-order valence-corrected chi connectivity index (χ2v) is 11.5. The number of halogens is 1. The molecule has 2 N–H and O–H groups in total. The van der Waals surface area contributed by atoms with Crippen molar-refractivity contribution < 1.29 is 17.5 Å². The van der Waals surface area contributed by atoms with Gasteiger partial charge in [-0.2, -0.15) is 0 Å². The van der Waals surface area contributed by atoms with Gasteiger partial charge in [0.2, 0.25) is 5.88 Å². The zero-order valence-electron chi connectivity index (χ0n) is 18.5. The summed E-state index contributed by atoms with van der Waals surface area (Å²) in [5.74, 6) is -0.0726. The molecule has 1 aromatic carbocycles. The zero-order valence-corrected chi connectivity index (χ0v) is 19.4. The number of benzene rings is 1. The summed E-state index contributed by atoms with van der Waals surface area (Å²) in [6.07, 6.45) is 4.28. The fourth-order valence-electron chi connectivity index (χ4n) is 5.02. The Hall–Kier alpha value is -3.14. The largest absolute Gasteiger partial charge is 0.480 e. The Kier molecular flexibility index (Phi) is 4.72. The summed E-state index contributed by atoms with van der Waals surface area (Å²) >= 11 is 0. The predicted octanol–water partition coefficient (Wildman–Crippen LogP) is 2.69. The molecular formula is C23H24FN5O3S. The van der Waals surface area contributed by atoms with Crippen LogP contribution in [0, 0.1) is 5.82 Å². The number of pyridine rings is 1. The smallest absolute Gasteiger partial charge is 0.232 e. The molecule has 2 aliphatic heterocycles. The Bertz CT molecular complexity index is 1430. The normalized spacial score (nSPS) is 28.0. The van der Waals surface area contributed by atoms with E-state index in [2.05, 4.69) is 19.9 Å². The summed E-state index contributed by atoms with van der Waals surface area (Å²) in [4.78, 5) is 17.8. The van der Waals surface area contributed by atoms with E-state index in [9.17, 15) is 8.42 Å². The Morgan fingerprint density at radius 1 is 1.24 bits per heavy atom. The number of aliphatic imine (C=N–C) groups is 1. The molecule has 3 atom stereocenters. The summed E-state index contributed by atoms with van der Waals surface area (Å²) in [6.45, 7) is 3.26. The maximum absolute atomic E-state index is 15.1. The van der Waals surface area contributed by atoms with E-state index in [4.69, 9.17) is 10.5 Å². The molecule has 0 spiro atoms. The van der Waals surface area contributed by atoms with Gasteiger partial charge in [-0.1, -0.05) is 12.1 Å².